The predicted molar refractivity (Wildman–Crippen MR) is 141 cm³/mol. The predicted octanol–water partition coefficient (Wildman–Crippen LogP) is 3.48. The molecule has 9 nitrogen and oxygen atoms in total. The lowest BCUT2D eigenvalue weighted by molar-refractivity contribution is -0.138. The summed E-state index contributed by atoms with van der Waals surface area (Å²) in [6.45, 7) is 1.43. The first-order valence-electron chi connectivity index (χ1n) is 11.5. The Kier molecular flexibility index (Phi) is 9.08. The minimum Gasteiger partial charge on any atom is -0.493 e. The van der Waals surface area contributed by atoms with Gasteiger partial charge < -0.3 is 30.0 Å². The first kappa shape index (κ1) is 27.2. The Morgan fingerprint density at radius 1 is 1.14 bits per heavy atom. The minimum atomic E-state index is -1.03. The lowest BCUT2D eigenvalue weighted by Gasteiger charge is -2.19. The van der Waals surface area contributed by atoms with Crippen molar-refractivity contribution < 1.29 is 28.9 Å². The molecule has 194 valence electrons. The molecule has 0 spiro atoms. The van der Waals surface area contributed by atoms with Crippen molar-refractivity contribution in [3.63, 3.8) is 0 Å². The highest BCUT2D eigenvalue weighted by Crippen LogP contribution is 2.50. The molecule has 0 bridgehead atoms. The van der Waals surface area contributed by atoms with Crippen LogP contribution >= 0.6 is 11.8 Å². The first-order chi connectivity index (χ1) is 17.2. The number of hydrogen-bond donors (Lipinski definition) is 3. The van der Waals surface area contributed by atoms with E-state index in [1.165, 1.54) is 39.0 Å². The third kappa shape index (κ3) is 5.70. The zero-order valence-electron chi connectivity index (χ0n) is 21.1. The van der Waals surface area contributed by atoms with Crippen LogP contribution in [0, 0.1) is 0 Å². The molecule has 0 saturated carbocycles. The molecule has 0 fully saturated rings. The number of hydrogen-bond acceptors (Lipinski definition) is 8. The van der Waals surface area contributed by atoms with Gasteiger partial charge in [-0.15, -0.1) is 0 Å². The lowest BCUT2D eigenvalue weighted by atomic mass is 9.95. The summed E-state index contributed by atoms with van der Waals surface area (Å²) in [6, 6.07) is 5.35. The van der Waals surface area contributed by atoms with Crippen LogP contribution in [0.25, 0.3) is 11.1 Å². The maximum Gasteiger partial charge on any atom is 0.326 e. The van der Waals surface area contributed by atoms with E-state index in [2.05, 4.69) is 10.6 Å². The number of aliphatic carboxylic acids is 1. The molecular formula is C26H32N2O7S. The van der Waals surface area contributed by atoms with E-state index in [1.807, 2.05) is 12.3 Å². The number of carboxylic acid groups (broad SMARTS) is 1. The van der Waals surface area contributed by atoms with E-state index in [0.29, 0.717) is 53.4 Å². The second-order valence-corrected chi connectivity index (χ2v) is 9.40. The molecule has 0 aliphatic heterocycles. The smallest absolute Gasteiger partial charge is 0.326 e. The number of rotatable bonds is 10. The fourth-order valence-electron chi connectivity index (χ4n) is 4.51. The number of methoxy groups -OCH3 is 3. The summed E-state index contributed by atoms with van der Waals surface area (Å²) < 4.78 is 16.9. The monoisotopic (exact) mass is 516 g/mol. The number of benzene rings is 1. The maximum atomic E-state index is 13.3. The number of amides is 1. The number of carbonyl (C=O) groups excluding carboxylic acids is 1. The number of carbonyl (C=O) groups is 2. The number of ether oxygens (including phenoxy) is 3. The van der Waals surface area contributed by atoms with Gasteiger partial charge in [-0.05, 0) is 66.2 Å². The van der Waals surface area contributed by atoms with Gasteiger partial charge in [0, 0.05) is 12.5 Å². The summed E-state index contributed by atoms with van der Waals surface area (Å²) in [7, 11) is 4.60. The highest BCUT2D eigenvalue weighted by molar-refractivity contribution is 7.98. The van der Waals surface area contributed by atoms with Crippen LogP contribution in [0.3, 0.4) is 0 Å². The standard InChI is InChI=1S/C26H32N2O7S/c1-14(29)27-18-8-6-15-12-22(33-2)24(34-3)25(35-4)23(15)16-7-9-19(21(30)13-17(16)18)28-20(26(31)32)10-11-36-5/h7,9,12-13,18,20H,6,8,10-11H2,1-5H3,(H,27,29)(H,28,30)(H,31,32). The van der Waals surface area contributed by atoms with Crippen molar-refractivity contribution in [2.45, 2.75) is 38.3 Å². The Labute approximate surface area is 214 Å². The van der Waals surface area contributed by atoms with E-state index in [0.717, 1.165) is 11.1 Å². The molecule has 1 aliphatic rings. The molecule has 0 aromatic heterocycles. The van der Waals surface area contributed by atoms with Gasteiger partial charge in [-0.1, -0.05) is 6.07 Å². The molecule has 10 heteroatoms. The third-order valence-corrected chi connectivity index (χ3v) is 6.80. The molecule has 2 atom stereocenters. The molecular weight excluding hydrogens is 484 g/mol. The van der Waals surface area contributed by atoms with Crippen molar-refractivity contribution in [2.75, 3.05) is 38.7 Å². The Morgan fingerprint density at radius 3 is 2.44 bits per heavy atom. The van der Waals surface area contributed by atoms with Crippen LogP contribution in [0.2, 0.25) is 0 Å². The van der Waals surface area contributed by atoms with E-state index in [-0.39, 0.29) is 17.0 Å². The van der Waals surface area contributed by atoms with Crippen molar-refractivity contribution in [2.24, 2.45) is 0 Å². The van der Waals surface area contributed by atoms with Crippen molar-refractivity contribution in [3.8, 4) is 28.4 Å². The van der Waals surface area contributed by atoms with Crippen molar-refractivity contribution in [1.82, 2.24) is 5.32 Å². The van der Waals surface area contributed by atoms with Crippen LogP contribution in [0.4, 0.5) is 5.69 Å². The summed E-state index contributed by atoms with van der Waals surface area (Å²) >= 11 is 1.53. The topological polar surface area (TPSA) is 123 Å². The molecule has 1 amide bonds. The number of anilines is 1. The van der Waals surface area contributed by atoms with Crippen LogP contribution in [0.1, 0.15) is 36.9 Å². The van der Waals surface area contributed by atoms with Gasteiger partial charge in [-0.2, -0.15) is 11.8 Å². The highest BCUT2D eigenvalue weighted by Gasteiger charge is 2.29. The Bertz CT molecular complexity index is 1200. The molecule has 3 N–H and O–H groups in total. The fourth-order valence-corrected chi connectivity index (χ4v) is 4.98. The Balaban J connectivity index is 2.28. The van der Waals surface area contributed by atoms with Gasteiger partial charge in [-0.3, -0.25) is 9.59 Å². The summed E-state index contributed by atoms with van der Waals surface area (Å²) in [5.41, 5.74) is 2.74. The van der Waals surface area contributed by atoms with Gasteiger partial charge in [0.05, 0.1) is 33.1 Å². The minimum absolute atomic E-state index is 0.166. The summed E-state index contributed by atoms with van der Waals surface area (Å²) in [5.74, 6) is 0.754. The molecule has 1 aliphatic carbocycles. The van der Waals surface area contributed by atoms with Crippen LogP contribution in [-0.4, -0.2) is 56.4 Å². The number of fused-ring (bicyclic) bond motifs is 3. The fraction of sp³-hybridized carbons (Fsp3) is 0.423. The zero-order valence-corrected chi connectivity index (χ0v) is 21.9. The second-order valence-electron chi connectivity index (χ2n) is 8.41. The SMILES string of the molecule is COc1cc2c(c(OC)c1OC)-c1ccc(NC(CCSC)C(=O)O)c(=O)cc1C(NC(C)=O)CC2. The van der Waals surface area contributed by atoms with Crippen LogP contribution in [-0.2, 0) is 16.0 Å². The average molecular weight is 517 g/mol. The molecule has 2 aromatic carbocycles. The number of aryl methyl sites for hydroxylation is 1. The molecule has 0 heterocycles. The Morgan fingerprint density at radius 2 is 1.86 bits per heavy atom. The first-order valence-corrected chi connectivity index (χ1v) is 12.9. The average Bonchev–Trinajstić information content (AvgIpc) is 3.09. The maximum absolute atomic E-state index is 13.3. The number of carboxylic acids is 1. The van der Waals surface area contributed by atoms with E-state index >= 15 is 0 Å². The van der Waals surface area contributed by atoms with Gasteiger partial charge in [0.15, 0.2) is 11.5 Å². The molecule has 2 aromatic rings. The zero-order chi connectivity index (χ0) is 26.4. The van der Waals surface area contributed by atoms with Crippen molar-refractivity contribution in [3.05, 3.63) is 45.6 Å². The van der Waals surface area contributed by atoms with E-state index in [1.54, 1.807) is 19.2 Å². The van der Waals surface area contributed by atoms with Gasteiger partial charge in [0.1, 0.15) is 6.04 Å². The molecule has 3 rings (SSSR count). The molecule has 0 saturated heterocycles. The van der Waals surface area contributed by atoms with Crippen LogP contribution in [0.5, 0.6) is 17.2 Å². The van der Waals surface area contributed by atoms with E-state index < -0.39 is 18.1 Å². The summed E-state index contributed by atoms with van der Waals surface area (Å²) in [6.07, 6.45) is 3.38. The second kappa shape index (κ2) is 12.0. The Hall–Kier alpha value is -3.40. The lowest BCUT2D eigenvalue weighted by Crippen LogP contribution is -2.31. The third-order valence-electron chi connectivity index (χ3n) is 6.15. The van der Waals surface area contributed by atoms with E-state index in [9.17, 15) is 19.5 Å². The molecule has 2 unspecified atom stereocenters. The van der Waals surface area contributed by atoms with E-state index in [4.69, 9.17) is 14.2 Å². The molecule has 36 heavy (non-hydrogen) atoms. The number of thioether (sulfide) groups is 1. The van der Waals surface area contributed by atoms with Crippen molar-refractivity contribution in [1.29, 1.82) is 0 Å². The van der Waals surface area contributed by atoms with Crippen LogP contribution in [0.15, 0.2) is 29.1 Å². The largest absolute Gasteiger partial charge is 0.493 e. The van der Waals surface area contributed by atoms with Crippen molar-refractivity contribution >= 4 is 29.3 Å². The quantitative estimate of drug-likeness (QED) is 0.435. The normalized spacial score (nSPS) is 15.0. The summed E-state index contributed by atoms with van der Waals surface area (Å²) in [4.78, 5) is 37.1. The summed E-state index contributed by atoms with van der Waals surface area (Å²) in [5, 5.41) is 15.5. The van der Waals surface area contributed by atoms with Gasteiger partial charge in [0.2, 0.25) is 17.1 Å². The molecule has 0 radical (unpaired) electrons. The van der Waals surface area contributed by atoms with Gasteiger partial charge in [-0.25, -0.2) is 4.79 Å². The van der Waals surface area contributed by atoms with Crippen LogP contribution < -0.4 is 30.3 Å². The van der Waals surface area contributed by atoms with Gasteiger partial charge in [0.25, 0.3) is 0 Å². The van der Waals surface area contributed by atoms with Gasteiger partial charge >= 0.3 is 5.97 Å². The number of nitrogens with one attached hydrogen (secondary N) is 2. The highest BCUT2D eigenvalue weighted by atomic mass is 32.2.